The number of rotatable bonds is 4. The van der Waals surface area contributed by atoms with E-state index >= 15 is 0 Å². The van der Waals surface area contributed by atoms with Crippen molar-refractivity contribution in [3.8, 4) is 0 Å². The molecule has 2 rings (SSSR count). The summed E-state index contributed by atoms with van der Waals surface area (Å²) in [7, 11) is 0. The molecule has 25 heavy (non-hydrogen) atoms. The molecule has 0 aromatic heterocycles. The van der Waals surface area contributed by atoms with E-state index in [1.807, 2.05) is 6.26 Å². The third-order valence-corrected chi connectivity index (χ3v) is 4.51. The van der Waals surface area contributed by atoms with Crippen LogP contribution in [-0.2, 0) is 0 Å². The summed E-state index contributed by atoms with van der Waals surface area (Å²) >= 11 is 25.2. The number of thioether (sulfide) groups is 1. The molecule has 0 bridgehead atoms. The van der Waals surface area contributed by atoms with Crippen LogP contribution < -0.4 is 5.43 Å². The van der Waals surface area contributed by atoms with Gasteiger partial charge in [-0.05, 0) is 30.5 Å². The summed E-state index contributed by atoms with van der Waals surface area (Å²) in [6.07, 6.45) is 4.96. The molecule has 0 aliphatic carbocycles. The third-order valence-electron chi connectivity index (χ3n) is 2.83. The van der Waals surface area contributed by atoms with E-state index in [0.29, 0.717) is 30.8 Å². The van der Waals surface area contributed by atoms with Crippen molar-refractivity contribution in [1.82, 2.24) is 5.43 Å². The van der Waals surface area contributed by atoms with Gasteiger partial charge >= 0.3 is 0 Å². The quantitative estimate of drug-likeness (QED) is 0.366. The molecule has 0 saturated heterocycles. The van der Waals surface area contributed by atoms with Crippen molar-refractivity contribution in [2.24, 2.45) is 15.3 Å². The van der Waals surface area contributed by atoms with Gasteiger partial charge in [0.2, 0.25) is 5.17 Å². The number of hydrogen-bond donors (Lipinski definition) is 1. The van der Waals surface area contributed by atoms with Crippen LogP contribution in [0.2, 0.25) is 20.1 Å². The Morgan fingerprint density at radius 3 is 2.00 bits per heavy atom. The van der Waals surface area contributed by atoms with Crippen LogP contribution in [0.5, 0.6) is 0 Å². The lowest BCUT2D eigenvalue weighted by molar-refractivity contribution is 1.03. The molecule has 0 saturated carbocycles. The highest BCUT2D eigenvalue weighted by molar-refractivity contribution is 8.13. The lowest BCUT2D eigenvalue weighted by Crippen LogP contribution is -2.13. The van der Waals surface area contributed by atoms with E-state index in [1.165, 1.54) is 18.0 Å². The molecule has 0 atom stereocenters. The SMILES string of the molecule is CSC(=NN=Cc1ccc(Cl)cc1Cl)NN=Cc1ccc(Cl)cc1Cl. The van der Waals surface area contributed by atoms with Crippen molar-refractivity contribution in [2.75, 3.05) is 6.26 Å². The average molecular weight is 434 g/mol. The molecule has 0 spiro atoms. The van der Waals surface area contributed by atoms with Gasteiger partial charge in [-0.3, -0.25) is 5.43 Å². The van der Waals surface area contributed by atoms with Crippen molar-refractivity contribution in [3.05, 3.63) is 67.6 Å². The average Bonchev–Trinajstić information content (AvgIpc) is 2.57. The van der Waals surface area contributed by atoms with Gasteiger partial charge in [0.05, 0.1) is 22.5 Å². The fourth-order valence-electron chi connectivity index (χ4n) is 1.62. The molecule has 0 unspecified atom stereocenters. The second kappa shape index (κ2) is 10.0. The van der Waals surface area contributed by atoms with Gasteiger partial charge in [0.1, 0.15) is 0 Å². The van der Waals surface area contributed by atoms with Gasteiger partial charge in [0, 0.05) is 21.2 Å². The number of benzene rings is 2. The lowest BCUT2D eigenvalue weighted by Gasteiger charge is -2.01. The zero-order valence-electron chi connectivity index (χ0n) is 12.9. The molecule has 4 nitrogen and oxygen atoms in total. The number of hydrazone groups is 1. The van der Waals surface area contributed by atoms with Crippen LogP contribution in [0.15, 0.2) is 51.7 Å². The van der Waals surface area contributed by atoms with Crippen LogP contribution in [0.4, 0.5) is 0 Å². The van der Waals surface area contributed by atoms with Crippen molar-refractivity contribution < 1.29 is 0 Å². The molecule has 130 valence electrons. The normalized spacial score (nSPS) is 12.3. The highest BCUT2D eigenvalue weighted by atomic mass is 35.5. The minimum absolute atomic E-state index is 0.500. The maximum absolute atomic E-state index is 6.07. The van der Waals surface area contributed by atoms with Crippen LogP contribution in [-0.4, -0.2) is 23.9 Å². The molecule has 1 N–H and O–H groups in total. The Hall–Kier alpha value is -1.24. The van der Waals surface area contributed by atoms with E-state index < -0.39 is 0 Å². The molecule has 0 heterocycles. The van der Waals surface area contributed by atoms with Gasteiger partial charge in [-0.2, -0.15) is 10.2 Å². The molecule has 2 aromatic rings. The van der Waals surface area contributed by atoms with Gasteiger partial charge in [0.25, 0.3) is 0 Å². The Morgan fingerprint density at radius 2 is 1.48 bits per heavy atom. The summed E-state index contributed by atoms with van der Waals surface area (Å²) in [5, 5.41) is 14.8. The predicted octanol–water partition coefficient (Wildman–Crippen LogP) is 5.98. The first-order valence-corrected chi connectivity index (χ1v) is 9.57. The van der Waals surface area contributed by atoms with E-state index in [9.17, 15) is 0 Å². The first kappa shape index (κ1) is 20.1. The Morgan fingerprint density at radius 1 is 0.920 bits per heavy atom. The first-order valence-electron chi connectivity index (χ1n) is 6.84. The second-order valence-corrected chi connectivity index (χ2v) is 7.04. The fraction of sp³-hybridized carbons (Fsp3) is 0.0625. The summed E-state index contributed by atoms with van der Waals surface area (Å²) in [6.45, 7) is 0. The minimum Gasteiger partial charge on any atom is -0.254 e. The first-order chi connectivity index (χ1) is 12.0. The van der Waals surface area contributed by atoms with Gasteiger partial charge in [-0.1, -0.05) is 70.3 Å². The van der Waals surface area contributed by atoms with E-state index in [-0.39, 0.29) is 0 Å². The van der Waals surface area contributed by atoms with E-state index in [1.54, 1.807) is 42.6 Å². The van der Waals surface area contributed by atoms with Crippen LogP contribution in [0, 0.1) is 0 Å². The summed E-state index contributed by atoms with van der Waals surface area (Å²) in [4.78, 5) is 0. The number of amidine groups is 1. The molecule has 0 aliphatic rings. The summed E-state index contributed by atoms with van der Waals surface area (Å²) in [5.41, 5.74) is 4.24. The Labute approximate surface area is 169 Å². The molecular formula is C16H12Cl4N4S. The molecule has 0 aliphatic heterocycles. The number of nitrogens with one attached hydrogen (secondary N) is 1. The zero-order chi connectivity index (χ0) is 18.2. The maximum atomic E-state index is 6.07. The van der Waals surface area contributed by atoms with E-state index in [4.69, 9.17) is 46.4 Å². The van der Waals surface area contributed by atoms with Crippen LogP contribution in [0.3, 0.4) is 0 Å². The number of hydrogen-bond acceptors (Lipinski definition) is 4. The highest BCUT2D eigenvalue weighted by Gasteiger charge is 2.00. The largest absolute Gasteiger partial charge is 0.254 e. The van der Waals surface area contributed by atoms with Gasteiger partial charge in [0.15, 0.2) is 0 Å². The lowest BCUT2D eigenvalue weighted by atomic mass is 10.2. The topological polar surface area (TPSA) is 49.1 Å². The van der Waals surface area contributed by atoms with Gasteiger partial charge < -0.3 is 0 Å². The molecule has 9 heteroatoms. The molecule has 0 radical (unpaired) electrons. The summed E-state index contributed by atoms with van der Waals surface area (Å²) in [6, 6.07) is 10.3. The summed E-state index contributed by atoms with van der Waals surface area (Å²) in [5.74, 6) is 0. The monoisotopic (exact) mass is 432 g/mol. The van der Waals surface area contributed by atoms with Crippen molar-refractivity contribution in [2.45, 2.75) is 0 Å². The molecule has 0 fully saturated rings. The van der Waals surface area contributed by atoms with E-state index in [2.05, 4.69) is 20.7 Å². The van der Waals surface area contributed by atoms with Crippen molar-refractivity contribution in [3.63, 3.8) is 0 Å². The predicted molar refractivity (Wildman–Crippen MR) is 112 cm³/mol. The maximum Gasteiger partial charge on any atom is 0.203 e. The second-order valence-electron chi connectivity index (χ2n) is 4.56. The fourth-order valence-corrected chi connectivity index (χ4v) is 2.81. The molecule has 0 amide bonds. The van der Waals surface area contributed by atoms with Crippen LogP contribution in [0.1, 0.15) is 11.1 Å². The van der Waals surface area contributed by atoms with Crippen LogP contribution >= 0.6 is 58.2 Å². The highest BCUT2D eigenvalue weighted by Crippen LogP contribution is 2.20. The van der Waals surface area contributed by atoms with Gasteiger partial charge in [-0.25, -0.2) is 0 Å². The Balaban J connectivity index is 2.02. The number of nitrogens with zero attached hydrogens (tertiary/aromatic N) is 3. The Bertz CT molecular complexity index is 837. The Kier molecular flexibility index (Phi) is 8.06. The molecule has 2 aromatic carbocycles. The standard InChI is InChI=1S/C16H12Cl4N4S/c1-25-16(23-21-8-10-2-4-12(17)6-14(10)19)24-22-9-11-3-5-13(18)7-15(11)20/h2-9H,1H3,(H,23,24). The minimum atomic E-state index is 0.500. The zero-order valence-corrected chi connectivity index (χ0v) is 16.7. The third kappa shape index (κ3) is 6.53. The summed E-state index contributed by atoms with van der Waals surface area (Å²) < 4.78 is 0. The number of halogens is 4. The van der Waals surface area contributed by atoms with E-state index in [0.717, 1.165) is 5.56 Å². The smallest absolute Gasteiger partial charge is 0.203 e. The van der Waals surface area contributed by atoms with Crippen molar-refractivity contribution in [1.29, 1.82) is 0 Å². The molecular weight excluding hydrogens is 422 g/mol. The van der Waals surface area contributed by atoms with Crippen molar-refractivity contribution >= 4 is 75.8 Å². The van der Waals surface area contributed by atoms with Crippen LogP contribution in [0.25, 0.3) is 0 Å². The van der Waals surface area contributed by atoms with Gasteiger partial charge in [-0.15, -0.1) is 5.10 Å².